The number of rotatable bonds is 5. The molecule has 0 aliphatic rings. The van der Waals surface area contributed by atoms with Gasteiger partial charge in [-0.25, -0.2) is 0 Å². The second kappa shape index (κ2) is 8.84. The van der Waals surface area contributed by atoms with E-state index in [0.717, 1.165) is 12.1 Å². The summed E-state index contributed by atoms with van der Waals surface area (Å²) in [7, 11) is 2.92. The van der Waals surface area contributed by atoms with E-state index in [1.807, 2.05) is 0 Å². The highest BCUT2D eigenvalue weighted by Gasteiger charge is 2.32. The van der Waals surface area contributed by atoms with Gasteiger partial charge in [0.15, 0.2) is 0 Å². The summed E-state index contributed by atoms with van der Waals surface area (Å²) in [4.78, 5) is 22.8. The molecule has 0 saturated heterocycles. The number of methoxy groups -OCH3 is 1. The molecule has 162 valence electrons. The summed E-state index contributed by atoms with van der Waals surface area (Å²) in [6, 6.07) is 5.32. The fourth-order valence-electron chi connectivity index (χ4n) is 2.85. The SMILES string of the molecule is COc1ccc(-c2nccnc2C(C)N(C)C(=O)c2cc(Cl)cc(C(F)(F)F)c2)nn1. The number of amides is 1. The van der Waals surface area contributed by atoms with Crippen molar-refractivity contribution >= 4 is 17.5 Å². The average molecular weight is 452 g/mol. The van der Waals surface area contributed by atoms with Gasteiger partial charge in [0.25, 0.3) is 5.91 Å². The van der Waals surface area contributed by atoms with Gasteiger partial charge in [0.05, 0.1) is 24.4 Å². The number of carbonyl (C=O) groups excluding carboxylic acids is 1. The van der Waals surface area contributed by atoms with Gasteiger partial charge in [0, 0.05) is 36.1 Å². The van der Waals surface area contributed by atoms with Crippen molar-refractivity contribution in [3.8, 4) is 17.3 Å². The molecule has 2 aromatic heterocycles. The van der Waals surface area contributed by atoms with Crippen LogP contribution in [0.15, 0.2) is 42.7 Å². The number of benzene rings is 1. The largest absolute Gasteiger partial charge is 0.480 e. The number of ether oxygens (including phenoxy) is 1. The Kier molecular flexibility index (Phi) is 6.40. The first kappa shape index (κ1) is 22.4. The first-order valence-corrected chi connectivity index (χ1v) is 9.33. The summed E-state index contributed by atoms with van der Waals surface area (Å²) < 4.78 is 44.3. The summed E-state index contributed by atoms with van der Waals surface area (Å²) in [5.74, 6) is -0.339. The smallest absolute Gasteiger partial charge is 0.416 e. The third-order valence-corrected chi connectivity index (χ3v) is 4.81. The van der Waals surface area contributed by atoms with Crippen molar-refractivity contribution < 1.29 is 22.7 Å². The minimum atomic E-state index is -4.63. The lowest BCUT2D eigenvalue weighted by molar-refractivity contribution is -0.137. The normalized spacial score (nSPS) is 12.4. The number of carbonyl (C=O) groups is 1. The van der Waals surface area contributed by atoms with Gasteiger partial charge in [0.2, 0.25) is 5.88 Å². The molecule has 0 aliphatic carbocycles. The van der Waals surface area contributed by atoms with Gasteiger partial charge >= 0.3 is 6.18 Å². The molecule has 0 aliphatic heterocycles. The zero-order chi connectivity index (χ0) is 22.8. The molecule has 0 N–H and O–H groups in total. The van der Waals surface area contributed by atoms with Crippen LogP contribution < -0.4 is 4.74 Å². The van der Waals surface area contributed by atoms with Gasteiger partial charge in [-0.1, -0.05) is 11.6 Å². The summed E-state index contributed by atoms with van der Waals surface area (Å²) in [5.41, 5.74) is -0.0107. The lowest BCUT2D eigenvalue weighted by atomic mass is 10.1. The molecule has 0 radical (unpaired) electrons. The first-order valence-electron chi connectivity index (χ1n) is 8.95. The van der Waals surface area contributed by atoms with Crippen molar-refractivity contribution in [2.45, 2.75) is 19.1 Å². The Morgan fingerprint density at radius 1 is 1.13 bits per heavy atom. The third-order valence-electron chi connectivity index (χ3n) is 4.59. The Morgan fingerprint density at radius 3 is 2.45 bits per heavy atom. The highest BCUT2D eigenvalue weighted by molar-refractivity contribution is 6.31. The number of aromatic nitrogens is 4. The van der Waals surface area contributed by atoms with Gasteiger partial charge < -0.3 is 9.64 Å². The van der Waals surface area contributed by atoms with E-state index in [4.69, 9.17) is 16.3 Å². The minimum absolute atomic E-state index is 0.187. The average Bonchev–Trinajstić information content (AvgIpc) is 2.76. The Balaban J connectivity index is 1.94. The predicted molar refractivity (Wildman–Crippen MR) is 107 cm³/mol. The van der Waals surface area contributed by atoms with E-state index in [0.29, 0.717) is 23.0 Å². The molecular formula is C20H17ClF3N5O2. The van der Waals surface area contributed by atoms with E-state index in [9.17, 15) is 18.0 Å². The number of nitrogens with zero attached hydrogens (tertiary/aromatic N) is 5. The monoisotopic (exact) mass is 451 g/mol. The van der Waals surface area contributed by atoms with Crippen molar-refractivity contribution in [2.24, 2.45) is 0 Å². The topological polar surface area (TPSA) is 81.1 Å². The molecule has 1 atom stereocenters. The summed E-state index contributed by atoms with van der Waals surface area (Å²) in [6.07, 6.45) is -1.72. The molecule has 0 bridgehead atoms. The van der Waals surface area contributed by atoms with Crippen LogP contribution in [0.1, 0.15) is 34.6 Å². The predicted octanol–water partition coefficient (Wildman–Crippen LogP) is 4.45. The van der Waals surface area contributed by atoms with Crippen LogP contribution >= 0.6 is 11.6 Å². The fraction of sp³-hybridized carbons (Fsp3) is 0.250. The number of halogens is 4. The van der Waals surface area contributed by atoms with E-state index in [1.54, 1.807) is 19.1 Å². The van der Waals surface area contributed by atoms with E-state index in [2.05, 4.69) is 20.2 Å². The lowest BCUT2D eigenvalue weighted by Gasteiger charge is -2.26. The Labute approximate surface area is 180 Å². The molecule has 0 saturated carbocycles. The van der Waals surface area contributed by atoms with Crippen molar-refractivity contribution in [3.63, 3.8) is 0 Å². The first-order chi connectivity index (χ1) is 14.6. The quantitative estimate of drug-likeness (QED) is 0.570. The molecule has 7 nitrogen and oxygen atoms in total. The summed E-state index contributed by atoms with van der Waals surface area (Å²) in [5, 5.41) is 7.77. The van der Waals surface area contributed by atoms with E-state index >= 15 is 0 Å². The fourth-order valence-corrected chi connectivity index (χ4v) is 3.08. The Bertz CT molecular complexity index is 1090. The van der Waals surface area contributed by atoms with Crippen LogP contribution in [0, 0.1) is 0 Å². The van der Waals surface area contributed by atoms with E-state index in [-0.39, 0.29) is 10.6 Å². The molecule has 2 heterocycles. The molecular weight excluding hydrogens is 435 g/mol. The maximum absolute atomic E-state index is 13.1. The second-order valence-corrected chi connectivity index (χ2v) is 7.01. The van der Waals surface area contributed by atoms with Crippen LogP contribution in [0.5, 0.6) is 5.88 Å². The van der Waals surface area contributed by atoms with Gasteiger partial charge in [-0.2, -0.15) is 13.2 Å². The maximum Gasteiger partial charge on any atom is 0.416 e. The molecule has 31 heavy (non-hydrogen) atoms. The number of hydrogen-bond donors (Lipinski definition) is 0. The molecule has 0 spiro atoms. The van der Waals surface area contributed by atoms with Gasteiger partial charge in [0.1, 0.15) is 11.4 Å². The summed E-state index contributed by atoms with van der Waals surface area (Å²) >= 11 is 5.81. The van der Waals surface area contributed by atoms with E-state index in [1.165, 1.54) is 37.5 Å². The van der Waals surface area contributed by atoms with Crippen molar-refractivity contribution in [1.29, 1.82) is 0 Å². The van der Waals surface area contributed by atoms with Crippen LogP contribution in [-0.2, 0) is 6.18 Å². The number of hydrogen-bond acceptors (Lipinski definition) is 6. The molecule has 1 aromatic carbocycles. The zero-order valence-corrected chi connectivity index (χ0v) is 17.4. The Morgan fingerprint density at radius 2 is 1.84 bits per heavy atom. The lowest BCUT2D eigenvalue weighted by Crippen LogP contribution is -2.31. The van der Waals surface area contributed by atoms with Crippen LogP contribution in [0.25, 0.3) is 11.4 Å². The molecule has 0 fully saturated rings. The van der Waals surface area contributed by atoms with Crippen LogP contribution in [0.3, 0.4) is 0 Å². The second-order valence-electron chi connectivity index (χ2n) is 6.57. The number of alkyl halides is 3. The van der Waals surface area contributed by atoms with E-state index < -0.39 is 23.7 Å². The molecule has 11 heteroatoms. The van der Waals surface area contributed by atoms with Crippen LogP contribution in [0.4, 0.5) is 13.2 Å². The third kappa shape index (κ3) is 4.91. The summed E-state index contributed by atoms with van der Waals surface area (Å²) in [6.45, 7) is 1.68. The van der Waals surface area contributed by atoms with Gasteiger partial charge in [-0.15, -0.1) is 10.2 Å². The minimum Gasteiger partial charge on any atom is -0.480 e. The van der Waals surface area contributed by atoms with Gasteiger partial charge in [-0.05, 0) is 31.2 Å². The standard InChI is InChI=1S/C20H17ClF3N5O2/c1-11(17-18(26-7-6-25-17)15-4-5-16(31-3)28-27-15)29(2)19(30)12-8-13(20(22,23)24)10-14(21)9-12/h4-11H,1-3H3. The molecule has 3 aromatic rings. The highest BCUT2D eigenvalue weighted by atomic mass is 35.5. The van der Waals surface area contributed by atoms with Crippen LogP contribution in [-0.4, -0.2) is 45.1 Å². The van der Waals surface area contributed by atoms with Gasteiger partial charge in [-0.3, -0.25) is 14.8 Å². The molecule has 1 amide bonds. The Hall–Kier alpha value is -3.27. The highest BCUT2D eigenvalue weighted by Crippen LogP contribution is 2.33. The van der Waals surface area contributed by atoms with Crippen molar-refractivity contribution in [2.75, 3.05) is 14.2 Å². The van der Waals surface area contributed by atoms with Crippen molar-refractivity contribution in [3.05, 3.63) is 64.6 Å². The zero-order valence-electron chi connectivity index (χ0n) is 16.7. The molecule has 3 rings (SSSR count). The maximum atomic E-state index is 13.1. The van der Waals surface area contributed by atoms with Crippen LogP contribution in [0.2, 0.25) is 5.02 Å². The molecule has 1 unspecified atom stereocenters. The van der Waals surface area contributed by atoms with Crippen molar-refractivity contribution in [1.82, 2.24) is 25.1 Å².